The standard InChI is InChI=1S/C76H146O8/c1-7-11-15-19-23-27-31-35-39-43-47-51-55-59-63-67-71(77)81-75(5,82-72(78)68-64-60-56-52-48-44-40-36-32-28-24-20-16-12-8-2)76(6,83-73(79)69-65-61-57-53-49-45-41-37-33-29-25-21-17-13-9-3)84-74(80)70-66-62-58-54-50-46-42-38-34-30-26-22-18-14-10-4/h7-70H2,1-6H3. The molecule has 0 N–H and O–H groups in total. The zero-order valence-corrected chi connectivity index (χ0v) is 57.5. The maximum atomic E-state index is 13.9. The Morgan fingerprint density at radius 3 is 0.381 bits per heavy atom. The Labute approximate surface area is 523 Å². The summed E-state index contributed by atoms with van der Waals surface area (Å²) in [5.41, 5.74) is 0. The number of rotatable bonds is 69. The number of esters is 4. The fraction of sp³-hybridized carbons (Fsp3) is 0.947. The topological polar surface area (TPSA) is 105 Å². The first-order valence-electron chi connectivity index (χ1n) is 37.9. The summed E-state index contributed by atoms with van der Waals surface area (Å²) < 4.78 is 24.6. The van der Waals surface area contributed by atoms with E-state index in [1.807, 2.05) is 0 Å². The van der Waals surface area contributed by atoms with Gasteiger partial charge in [0.15, 0.2) is 0 Å². The number of carbonyl (C=O) groups excluding carboxylic acids is 4. The van der Waals surface area contributed by atoms with E-state index < -0.39 is 35.5 Å². The lowest BCUT2D eigenvalue weighted by molar-refractivity contribution is -0.351. The first-order valence-corrected chi connectivity index (χ1v) is 37.9. The third-order valence-corrected chi connectivity index (χ3v) is 18.0. The SMILES string of the molecule is CCCCCCCCCCCCCCCCCC(=O)OC(C)(OC(=O)CCCCCCCCCCCCCCCCC)C(C)(OC(=O)CCCCCCCCCCCCCCCCC)OC(=O)CCCCCCCCCCCCCCCCC. The van der Waals surface area contributed by atoms with Crippen molar-refractivity contribution in [2.24, 2.45) is 0 Å². The molecule has 84 heavy (non-hydrogen) atoms. The Morgan fingerprint density at radius 2 is 0.274 bits per heavy atom. The molecule has 0 fully saturated rings. The molecule has 0 amide bonds. The summed E-state index contributed by atoms with van der Waals surface area (Å²) in [5.74, 6) is -6.60. The van der Waals surface area contributed by atoms with E-state index in [2.05, 4.69) is 27.7 Å². The smallest absolute Gasteiger partial charge is 0.331 e. The molecule has 0 aliphatic rings. The summed E-state index contributed by atoms with van der Waals surface area (Å²) in [4.78, 5) is 55.5. The van der Waals surface area contributed by atoms with E-state index in [-0.39, 0.29) is 25.7 Å². The molecule has 498 valence electrons. The van der Waals surface area contributed by atoms with Crippen molar-refractivity contribution in [2.45, 2.75) is 464 Å². The summed E-state index contributed by atoms with van der Waals surface area (Å²) in [6.45, 7) is 12.0. The Hall–Kier alpha value is -2.12. The van der Waals surface area contributed by atoms with E-state index in [4.69, 9.17) is 18.9 Å². The van der Waals surface area contributed by atoms with E-state index >= 15 is 0 Å². The summed E-state index contributed by atoms with van der Waals surface area (Å²) in [6.07, 6.45) is 73.7. The lowest BCUT2D eigenvalue weighted by Gasteiger charge is -2.42. The van der Waals surface area contributed by atoms with Gasteiger partial charge in [-0.25, -0.2) is 0 Å². The Balaban J connectivity index is 5.63. The quantitative estimate of drug-likeness (QED) is 0.0337. The van der Waals surface area contributed by atoms with E-state index in [9.17, 15) is 19.2 Å². The van der Waals surface area contributed by atoms with E-state index in [0.717, 1.165) is 77.0 Å². The Kier molecular flexibility index (Phi) is 62.3. The van der Waals surface area contributed by atoms with Crippen molar-refractivity contribution in [3.8, 4) is 0 Å². The summed E-state index contributed by atoms with van der Waals surface area (Å²) in [7, 11) is 0. The fourth-order valence-electron chi connectivity index (χ4n) is 12.0. The average Bonchev–Trinajstić information content (AvgIpc) is 3.32. The van der Waals surface area contributed by atoms with Crippen LogP contribution in [0.25, 0.3) is 0 Å². The molecule has 0 rings (SSSR count). The van der Waals surface area contributed by atoms with Gasteiger partial charge < -0.3 is 18.9 Å². The van der Waals surface area contributed by atoms with Crippen LogP contribution in [0.15, 0.2) is 0 Å². The molecule has 0 heterocycles. The van der Waals surface area contributed by atoms with Gasteiger partial charge in [-0.1, -0.05) is 387 Å². The molecule has 0 aliphatic heterocycles. The van der Waals surface area contributed by atoms with Gasteiger partial charge >= 0.3 is 35.5 Å². The minimum atomic E-state index is -2.18. The number of hydrogen-bond donors (Lipinski definition) is 0. The molecule has 0 aromatic heterocycles. The predicted octanol–water partition coefficient (Wildman–Crippen LogP) is 25.6. The molecule has 0 saturated carbocycles. The summed E-state index contributed by atoms with van der Waals surface area (Å²) >= 11 is 0. The maximum Gasteiger partial charge on any atom is 0.331 e. The van der Waals surface area contributed by atoms with Crippen LogP contribution in [0.2, 0.25) is 0 Å². The van der Waals surface area contributed by atoms with Crippen LogP contribution in [0.4, 0.5) is 0 Å². The number of hydrogen-bond acceptors (Lipinski definition) is 8. The second kappa shape index (κ2) is 63.9. The van der Waals surface area contributed by atoms with Crippen LogP contribution in [0, 0.1) is 0 Å². The molecule has 0 radical (unpaired) electrons. The summed E-state index contributed by atoms with van der Waals surface area (Å²) in [5, 5.41) is 0. The number of unbranched alkanes of at least 4 members (excludes halogenated alkanes) is 56. The van der Waals surface area contributed by atoms with Gasteiger partial charge in [-0.2, -0.15) is 0 Å². The van der Waals surface area contributed by atoms with Gasteiger partial charge in [0.1, 0.15) is 0 Å². The zero-order valence-electron chi connectivity index (χ0n) is 57.5. The predicted molar refractivity (Wildman–Crippen MR) is 359 cm³/mol. The van der Waals surface area contributed by atoms with Crippen LogP contribution >= 0.6 is 0 Å². The van der Waals surface area contributed by atoms with Crippen molar-refractivity contribution in [2.75, 3.05) is 0 Å². The lowest BCUT2D eigenvalue weighted by Crippen LogP contribution is -2.60. The normalized spacial score (nSPS) is 11.8. The largest absolute Gasteiger partial charge is 0.415 e. The number of ether oxygens (including phenoxy) is 4. The van der Waals surface area contributed by atoms with Crippen LogP contribution in [-0.4, -0.2) is 35.5 Å². The second-order valence-electron chi connectivity index (χ2n) is 26.6. The Bertz CT molecular complexity index is 1210. The first-order chi connectivity index (χ1) is 41.1. The molecule has 0 aromatic carbocycles. The molecule has 0 unspecified atom stereocenters. The third kappa shape index (κ3) is 55.2. The molecule has 0 spiro atoms. The van der Waals surface area contributed by atoms with E-state index in [0.29, 0.717) is 25.7 Å². The monoisotopic (exact) mass is 1190 g/mol. The minimum Gasteiger partial charge on any atom is -0.415 e. The van der Waals surface area contributed by atoms with Gasteiger partial charge in [-0.3, -0.25) is 19.2 Å². The Morgan fingerprint density at radius 1 is 0.179 bits per heavy atom. The molecule has 8 heteroatoms. The third-order valence-electron chi connectivity index (χ3n) is 18.0. The van der Waals surface area contributed by atoms with Gasteiger partial charge in [-0.15, -0.1) is 0 Å². The fourth-order valence-corrected chi connectivity index (χ4v) is 12.0. The first kappa shape index (κ1) is 81.9. The molecule has 8 nitrogen and oxygen atoms in total. The van der Waals surface area contributed by atoms with Gasteiger partial charge in [0, 0.05) is 39.5 Å². The zero-order chi connectivity index (χ0) is 61.4. The molecule has 0 aliphatic carbocycles. The highest BCUT2D eigenvalue weighted by Gasteiger charge is 2.58. The van der Waals surface area contributed by atoms with Crippen LogP contribution < -0.4 is 0 Å². The van der Waals surface area contributed by atoms with E-state index in [1.54, 1.807) is 0 Å². The van der Waals surface area contributed by atoms with Gasteiger partial charge in [0.05, 0.1) is 0 Å². The molecule has 0 saturated heterocycles. The van der Waals surface area contributed by atoms with Gasteiger partial charge in [0.25, 0.3) is 0 Å². The highest BCUT2D eigenvalue weighted by Crippen LogP contribution is 2.36. The molecular formula is C76H146O8. The van der Waals surface area contributed by atoms with Crippen molar-refractivity contribution in [3.63, 3.8) is 0 Å². The molecule has 0 aromatic rings. The number of carbonyl (C=O) groups is 4. The molecular weight excluding hydrogens is 1040 g/mol. The lowest BCUT2D eigenvalue weighted by atomic mass is 10.0. The highest BCUT2D eigenvalue weighted by atomic mass is 16.8. The van der Waals surface area contributed by atoms with Crippen LogP contribution in [0.5, 0.6) is 0 Å². The van der Waals surface area contributed by atoms with Crippen LogP contribution in [0.3, 0.4) is 0 Å². The molecule has 0 bridgehead atoms. The van der Waals surface area contributed by atoms with E-state index in [1.165, 1.54) is 296 Å². The maximum absolute atomic E-state index is 13.9. The van der Waals surface area contributed by atoms with Crippen molar-refractivity contribution in [3.05, 3.63) is 0 Å². The van der Waals surface area contributed by atoms with Crippen molar-refractivity contribution >= 4 is 23.9 Å². The van der Waals surface area contributed by atoms with Gasteiger partial charge in [-0.05, 0) is 25.7 Å². The van der Waals surface area contributed by atoms with Crippen LogP contribution in [0.1, 0.15) is 452 Å². The van der Waals surface area contributed by atoms with Crippen LogP contribution in [-0.2, 0) is 38.1 Å². The van der Waals surface area contributed by atoms with Gasteiger partial charge in [0.2, 0.25) is 0 Å². The summed E-state index contributed by atoms with van der Waals surface area (Å²) in [6, 6.07) is 0. The van der Waals surface area contributed by atoms with Crippen molar-refractivity contribution < 1.29 is 38.1 Å². The average molecular weight is 1190 g/mol. The van der Waals surface area contributed by atoms with Crippen molar-refractivity contribution in [1.82, 2.24) is 0 Å². The van der Waals surface area contributed by atoms with Crippen molar-refractivity contribution in [1.29, 1.82) is 0 Å². The molecule has 0 atom stereocenters. The highest BCUT2D eigenvalue weighted by molar-refractivity contribution is 5.74. The minimum absolute atomic E-state index is 0.126. The second-order valence-corrected chi connectivity index (χ2v) is 26.6.